The average molecular weight is 567 g/mol. The first kappa shape index (κ1) is 28.2. The van der Waals surface area contributed by atoms with Gasteiger partial charge >= 0.3 is 5.97 Å². The van der Waals surface area contributed by atoms with Crippen molar-refractivity contribution in [3.8, 4) is 29.1 Å². The van der Waals surface area contributed by atoms with E-state index in [1.807, 2.05) is 38.1 Å². The van der Waals surface area contributed by atoms with E-state index in [1.54, 1.807) is 18.2 Å². The molecule has 2 N–H and O–H groups in total. The number of halogens is 2. The Kier molecular flexibility index (Phi) is 9.23. The minimum atomic E-state index is -0.657. The first-order valence-corrected chi connectivity index (χ1v) is 13.4. The zero-order valence-electron chi connectivity index (χ0n) is 21.6. The number of allylic oxidation sites excluding steroid dienone is 1. The lowest BCUT2D eigenvalue weighted by molar-refractivity contribution is 0.0734. The van der Waals surface area contributed by atoms with E-state index in [0.717, 1.165) is 30.6 Å². The van der Waals surface area contributed by atoms with Crippen LogP contribution in [-0.4, -0.2) is 19.2 Å². The number of fused-ring (bicyclic) bond motifs is 1. The number of nitrogens with zero attached hydrogens (tertiary/aromatic N) is 1. The third kappa shape index (κ3) is 6.42. The van der Waals surface area contributed by atoms with Gasteiger partial charge in [0, 0.05) is 11.6 Å². The van der Waals surface area contributed by atoms with E-state index < -0.39 is 11.9 Å². The molecule has 4 rings (SSSR count). The molecule has 39 heavy (non-hydrogen) atoms. The molecular formula is C30H28Cl2N2O5. The Labute approximate surface area is 237 Å². The molecule has 9 heteroatoms. The van der Waals surface area contributed by atoms with Crippen molar-refractivity contribution in [2.75, 3.05) is 13.2 Å². The topological polar surface area (TPSA) is 104 Å². The Balaban J connectivity index is 1.57. The molecule has 0 radical (unpaired) electrons. The highest BCUT2D eigenvalue weighted by Gasteiger charge is 2.31. The lowest BCUT2D eigenvalue weighted by Gasteiger charge is -2.26. The maximum Gasteiger partial charge on any atom is 0.343 e. The number of carbonyl (C=O) groups is 1. The Bertz CT molecular complexity index is 1410. The highest BCUT2D eigenvalue weighted by molar-refractivity contribution is 6.37. The molecule has 0 aliphatic carbocycles. The Morgan fingerprint density at radius 2 is 1.67 bits per heavy atom. The minimum absolute atomic E-state index is 0.0120. The van der Waals surface area contributed by atoms with Crippen LogP contribution in [0.3, 0.4) is 0 Å². The number of nitriles is 1. The van der Waals surface area contributed by atoms with E-state index in [2.05, 4.69) is 6.07 Å². The highest BCUT2D eigenvalue weighted by Crippen LogP contribution is 2.44. The van der Waals surface area contributed by atoms with Gasteiger partial charge in [0.05, 0.1) is 34.7 Å². The Morgan fingerprint density at radius 1 is 0.974 bits per heavy atom. The molecule has 1 aliphatic rings. The standard InChI is InChI=1S/C30H28Cl2N2O5/c1-3-5-13-37-28-24(31)14-19(15-25(28)32)30(35)38-21-10-11-22-26(16-21)39-29(34)23(17-33)27(22)18-6-8-20(9-7-18)36-12-4-2/h6-11,14-16,27H,3-5,12-13,34H2,1-2H3. The Hall–Kier alpha value is -3.86. The predicted molar refractivity (Wildman–Crippen MR) is 150 cm³/mol. The average Bonchev–Trinajstić information content (AvgIpc) is 2.92. The van der Waals surface area contributed by atoms with Crippen molar-refractivity contribution in [2.24, 2.45) is 5.73 Å². The number of hydrogen-bond donors (Lipinski definition) is 1. The summed E-state index contributed by atoms with van der Waals surface area (Å²) in [6.07, 6.45) is 2.72. The van der Waals surface area contributed by atoms with Gasteiger partial charge in [0.1, 0.15) is 28.9 Å². The van der Waals surface area contributed by atoms with Crippen molar-refractivity contribution in [2.45, 2.75) is 39.0 Å². The summed E-state index contributed by atoms with van der Waals surface area (Å²) < 4.78 is 22.7. The van der Waals surface area contributed by atoms with Crippen LogP contribution in [0.5, 0.6) is 23.0 Å². The number of rotatable bonds is 10. The number of benzene rings is 3. The van der Waals surface area contributed by atoms with E-state index in [1.165, 1.54) is 12.1 Å². The number of nitrogens with two attached hydrogens (primary N) is 1. The van der Waals surface area contributed by atoms with E-state index in [-0.39, 0.29) is 27.2 Å². The third-order valence-corrected chi connectivity index (χ3v) is 6.63. The molecule has 3 aromatic carbocycles. The first-order chi connectivity index (χ1) is 18.9. The number of ether oxygens (including phenoxy) is 4. The second kappa shape index (κ2) is 12.8. The molecule has 7 nitrogen and oxygen atoms in total. The molecule has 0 aromatic heterocycles. The fourth-order valence-corrected chi connectivity index (χ4v) is 4.71. The second-order valence-corrected chi connectivity index (χ2v) is 9.72. The van der Waals surface area contributed by atoms with Gasteiger partial charge in [0.2, 0.25) is 5.88 Å². The molecular weight excluding hydrogens is 539 g/mol. The first-order valence-electron chi connectivity index (χ1n) is 12.6. The van der Waals surface area contributed by atoms with Gasteiger partial charge in [-0.15, -0.1) is 0 Å². The van der Waals surface area contributed by atoms with Crippen molar-refractivity contribution in [1.82, 2.24) is 0 Å². The van der Waals surface area contributed by atoms with Gasteiger partial charge in [-0.3, -0.25) is 0 Å². The molecule has 202 valence electrons. The molecule has 3 aromatic rings. The molecule has 0 fully saturated rings. The summed E-state index contributed by atoms with van der Waals surface area (Å²) in [6.45, 7) is 5.17. The maximum absolute atomic E-state index is 12.9. The number of carbonyl (C=O) groups excluding carboxylic acids is 1. The van der Waals surface area contributed by atoms with Crippen LogP contribution in [0.15, 0.2) is 66.1 Å². The third-order valence-electron chi connectivity index (χ3n) is 6.07. The number of esters is 1. The summed E-state index contributed by atoms with van der Waals surface area (Å²) in [6, 6.07) is 17.5. The molecule has 0 amide bonds. The zero-order valence-corrected chi connectivity index (χ0v) is 23.1. The second-order valence-electron chi connectivity index (χ2n) is 8.90. The van der Waals surface area contributed by atoms with Crippen LogP contribution in [0, 0.1) is 11.3 Å². The van der Waals surface area contributed by atoms with E-state index in [0.29, 0.717) is 35.8 Å². The van der Waals surface area contributed by atoms with E-state index >= 15 is 0 Å². The predicted octanol–water partition coefficient (Wildman–Crippen LogP) is 7.40. The van der Waals surface area contributed by atoms with Crippen LogP contribution in [0.25, 0.3) is 0 Å². The molecule has 0 bridgehead atoms. The zero-order chi connectivity index (χ0) is 27.9. The largest absolute Gasteiger partial charge is 0.494 e. The molecule has 0 spiro atoms. The monoisotopic (exact) mass is 566 g/mol. The van der Waals surface area contributed by atoms with Crippen LogP contribution in [0.4, 0.5) is 0 Å². The highest BCUT2D eigenvalue weighted by atomic mass is 35.5. The van der Waals surface area contributed by atoms with Gasteiger partial charge in [-0.25, -0.2) is 4.79 Å². The van der Waals surface area contributed by atoms with E-state index in [9.17, 15) is 10.1 Å². The van der Waals surface area contributed by atoms with Gasteiger partial charge in [-0.1, -0.05) is 61.7 Å². The van der Waals surface area contributed by atoms with Crippen molar-refractivity contribution >= 4 is 29.2 Å². The quantitative estimate of drug-likeness (QED) is 0.155. The summed E-state index contributed by atoms with van der Waals surface area (Å²) in [4.78, 5) is 12.9. The Morgan fingerprint density at radius 3 is 2.31 bits per heavy atom. The number of hydrogen-bond acceptors (Lipinski definition) is 7. The SMILES string of the molecule is CCCCOc1c(Cl)cc(C(=O)Oc2ccc3c(c2)OC(N)=C(C#N)C3c2ccc(OCCC)cc2)cc1Cl. The maximum atomic E-state index is 12.9. The summed E-state index contributed by atoms with van der Waals surface area (Å²) >= 11 is 12.6. The number of unbranched alkanes of at least 4 members (excludes halogenated alkanes) is 1. The smallest absolute Gasteiger partial charge is 0.343 e. The summed E-state index contributed by atoms with van der Waals surface area (Å²) in [7, 11) is 0. The molecule has 1 heterocycles. The lowest BCUT2D eigenvalue weighted by Crippen LogP contribution is -2.21. The van der Waals surface area contributed by atoms with Crippen molar-refractivity contribution < 1.29 is 23.7 Å². The van der Waals surface area contributed by atoms with Gasteiger partial charge in [0.15, 0.2) is 5.75 Å². The van der Waals surface area contributed by atoms with Crippen LogP contribution in [0.2, 0.25) is 10.0 Å². The summed E-state index contributed by atoms with van der Waals surface area (Å²) in [5.74, 6) is 0.551. The van der Waals surface area contributed by atoms with Gasteiger partial charge in [-0.2, -0.15) is 5.26 Å². The fourth-order valence-electron chi connectivity index (χ4n) is 4.12. The van der Waals surface area contributed by atoms with Crippen molar-refractivity contribution in [3.05, 3.63) is 92.8 Å². The fraction of sp³-hybridized carbons (Fsp3) is 0.267. The molecule has 1 atom stereocenters. The van der Waals surface area contributed by atoms with Crippen molar-refractivity contribution in [1.29, 1.82) is 5.26 Å². The van der Waals surface area contributed by atoms with Crippen LogP contribution < -0.4 is 24.7 Å². The van der Waals surface area contributed by atoms with Crippen LogP contribution in [0.1, 0.15) is 60.5 Å². The normalized spacial score (nSPS) is 14.2. The lowest BCUT2D eigenvalue weighted by atomic mass is 9.83. The molecule has 1 aliphatic heterocycles. The summed E-state index contributed by atoms with van der Waals surface area (Å²) in [5, 5.41) is 10.3. The van der Waals surface area contributed by atoms with Crippen LogP contribution >= 0.6 is 23.2 Å². The van der Waals surface area contributed by atoms with E-state index in [4.69, 9.17) is 47.9 Å². The van der Waals surface area contributed by atoms with Gasteiger partial charge < -0.3 is 24.7 Å². The van der Waals surface area contributed by atoms with Gasteiger partial charge in [0.25, 0.3) is 0 Å². The molecule has 1 unspecified atom stereocenters. The van der Waals surface area contributed by atoms with Gasteiger partial charge in [-0.05, 0) is 48.7 Å². The summed E-state index contributed by atoms with van der Waals surface area (Å²) in [5.41, 5.74) is 8.14. The minimum Gasteiger partial charge on any atom is -0.494 e. The van der Waals surface area contributed by atoms with Crippen molar-refractivity contribution in [3.63, 3.8) is 0 Å². The molecule has 0 saturated carbocycles. The molecule has 0 saturated heterocycles. The van der Waals surface area contributed by atoms with Crippen LogP contribution in [-0.2, 0) is 0 Å².